The van der Waals surface area contributed by atoms with E-state index in [2.05, 4.69) is 24.4 Å². The largest absolute Gasteiger partial charge is 0.492 e. The number of methoxy groups -OCH3 is 1. The second-order valence-corrected chi connectivity index (χ2v) is 13.1. The Morgan fingerprint density at radius 3 is 2.33 bits per heavy atom. The number of carbonyl (C=O) groups excluding carboxylic acids is 1. The van der Waals surface area contributed by atoms with Crippen molar-refractivity contribution >= 4 is 23.3 Å². The Morgan fingerprint density at radius 2 is 1.76 bits per heavy atom. The number of amides is 1. The third kappa shape index (κ3) is 6.28. The maximum absolute atomic E-state index is 15.8. The molecule has 6 rings (SSSR count). The Morgan fingerprint density at radius 1 is 1.07 bits per heavy atom. The van der Waals surface area contributed by atoms with Gasteiger partial charge < -0.3 is 30.1 Å². The van der Waals surface area contributed by atoms with E-state index in [1.165, 1.54) is 18.2 Å². The maximum atomic E-state index is 15.8. The molecule has 46 heavy (non-hydrogen) atoms. The Labute approximate surface area is 265 Å². The second-order valence-electron chi connectivity index (χ2n) is 13.1. The van der Waals surface area contributed by atoms with Crippen molar-refractivity contribution in [3.05, 3.63) is 64.1 Å². The quantitative estimate of drug-likeness (QED) is 0.282. The van der Waals surface area contributed by atoms with Crippen LogP contribution in [0.1, 0.15) is 85.6 Å². The molecule has 2 aliphatic carbocycles. The minimum atomic E-state index is -4.71. The van der Waals surface area contributed by atoms with Crippen molar-refractivity contribution in [1.82, 2.24) is 5.32 Å². The van der Waals surface area contributed by atoms with Crippen LogP contribution in [0.3, 0.4) is 0 Å². The van der Waals surface area contributed by atoms with Gasteiger partial charge in [0, 0.05) is 31.4 Å². The number of piperidine rings is 1. The van der Waals surface area contributed by atoms with Gasteiger partial charge in [-0.2, -0.15) is 13.2 Å². The SMILES string of the molecule is COc1c2c(cc(F)c1N1CCC(C(=O)O)CC1)C(O)C(C(=O)NCc1ccc(C3CC3C)cc1C1CCC1)=CN2CC(F)(F)F. The summed E-state index contributed by atoms with van der Waals surface area (Å²) in [7, 11) is 1.20. The van der Waals surface area contributed by atoms with Crippen LogP contribution in [0.15, 0.2) is 36.0 Å². The summed E-state index contributed by atoms with van der Waals surface area (Å²) >= 11 is 0. The number of halogens is 4. The van der Waals surface area contributed by atoms with E-state index in [4.69, 9.17) is 4.74 Å². The van der Waals surface area contributed by atoms with Crippen molar-refractivity contribution < 1.29 is 42.1 Å². The number of hydrogen-bond donors (Lipinski definition) is 3. The number of hydrogen-bond acceptors (Lipinski definition) is 6. The molecule has 248 valence electrons. The van der Waals surface area contributed by atoms with E-state index >= 15 is 4.39 Å². The summed E-state index contributed by atoms with van der Waals surface area (Å²) in [4.78, 5) is 27.2. The number of aliphatic carboxylic acids is 1. The molecule has 0 radical (unpaired) electrons. The molecule has 1 saturated heterocycles. The van der Waals surface area contributed by atoms with Crippen molar-refractivity contribution in [2.75, 3.05) is 36.5 Å². The van der Waals surface area contributed by atoms with Crippen LogP contribution in [-0.2, 0) is 16.1 Å². The average Bonchev–Trinajstić information content (AvgIpc) is 3.71. The van der Waals surface area contributed by atoms with E-state index < -0.39 is 42.4 Å². The molecule has 2 aliphatic heterocycles. The van der Waals surface area contributed by atoms with Crippen LogP contribution in [0.2, 0.25) is 0 Å². The van der Waals surface area contributed by atoms with E-state index in [0.717, 1.165) is 48.4 Å². The summed E-state index contributed by atoms with van der Waals surface area (Å²) in [5.74, 6) is -1.83. The van der Waals surface area contributed by atoms with Crippen LogP contribution in [0.4, 0.5) is 28.9 Å². The second kappa shape index (κ2) is 12.4. The third-order valence-corrected chi connectivity index (χ3v) is 10.1. The standard InChI is InChI=1S/C34H39F4N3O5/c1-18-12-23(18)21-6-7-22(24(13-21)19-4-3-5-19)15-39-32(43)26-16-41(17-34(36,37)38)28-25(30(26)42)14-27(35)29(31(28)46-2)40-10-8-20(9-11-40)33(44)45/h6-7,13-14,16,18-20,23,30,42H,3-5,8-12,15,17H2,1-2H3,(H,39,43)(H,44,45). The molecule has 0 bridgehead atoms. The molecular formula is C34H39F4N3O5. The first-order chi connectivity index (χ1) is 21.9. The highest BCUT2D eigenvalue weighted by Gasteiger charge is 2.41. The van der Waals surface area contributed by atoms with Gasteiger partial charge in [0.25, 0.3) is 5.91 Å². The molecular weight excluding hydrogens is 606 g/mol. The number of carboxylic acids is 1. The molecule has 3 fully saturated rings. The molecule has 3 N–H and O–H groups in total. The fourth-order valence-corrected chi connectivity index (χ4v) is 7.11. The van der Waals surface area contributed by atoms with Crippen LogP contribution in [0.25, 0.3) is 0 Å². The third-order valence-electron chi connectivity index (χ3n) is 10.1. The Hall–Kier alpha value is -3.80. The molecule has 0 aromatic heterocycles. The first kappa shape index (κ1) is 32.2. The summed E-state index contributed by atoms with van der Waals surface area (Å²) in [5, 5.41) is 23.5. The monoisotopic (exact) mass is 645 g/mol. The van der Waals surface area contributed by atoms with E-state index in [-0.39, 0.29) is 60.7 Å². The fraction of sp³-hybridized carbons (Fsp3) is 0.529. The highest BCUT2D eigenvalue weighted by Crippen LogP contribution is 2.51. The molecule has 3 atom stereocenters. The number of benzene rings is 2. The van der Waals surface area contributed by atoms with Crippen LogP contribution < -0.4 is 19.9 Å². The molecule has 4 aliphatic rings. The van der Waals surface area contributed by atoms with Crippen molar-refractivity contribution in [2.24, 2.45) is 11.8 Å². The molecule has 1 amide bonds. The summed E-state index contributed by atoms with van der Waals surface area (Å²) < 4.78 is 62.9. The van der Waals surface area contributed by atoms with E-state index in [9.17, 15) is 33.0 Å². The molecule has 2 saturated carbocycles. The lowest BCUT2D eigenvalue weighted by atomic mass is 9.77. The highest BCUT2D eigenvalue weighted by atomic mass is 19.4. The smallest absolute Gasteiger partial charge is 0.406 e. The number of aliphatic hydroxyl groups is 1. The number of ether oxygens (including phenoxy) is 1. The van der Waals surface area contributed by atoms with E-state index in [0.29, 0.717) is 17.8 Å². The van der Waals surface area contributed by atoms with E-state index in [1.807, 2.05) is 6.07 Å². The number of nitrogens with zero attached hydrogens (tertiary/aromatic N) is 2. The molecule has 3 unspecified atom stereocenters. The number of carboxylic acid groups (broad SMARTS) is 1. The zero-order valence-electron chi connectivity index (χ0n) is 25.9. The summed E-state index contributed by atoms with van der Waals surface area (Å²) in [6, 6.07) is 7.25. The maximum Gasteiger partial charge on any atom is 0.406 e. The Balaban J connectivity index is 1.29. The number of alkyl halides is 3. The lowest BCUT2D eigenvalue weighted by molar-refractivity contribution is -0.142. The van der Waals surface area contributed by atoms with Gasteiger partial charge in [-0.15, -0.1) is 0 Å². The zero-order valence-corrected chi connectivity index (χ0v) is 25.9. The van der Waals surface area contributed by atoms with Gasteiger partial charge in [0.05, 0.1) is 24.3 Å². The molecule has 2 aromatic rings. The number of carbonyl (C=O) groups is 2. The Bertz CT molecular complexity index is 1550. The van der Waals surface area contributed by atoms with Gasteiger partial charge >= 0.3 is 12.1 Å². The molecule has 12 heteroatoms. The predicted octanol–water partition coefficient (Wildman–Crippen LogP) is 6.14. The predicted molar refractivity (Wildman–Crippen MR) is 163 cm³/mol. The minimum Gasteiger partial charge on any atom is -0.492 e. The van der Waals surface area contributed by atoms with Gasteiger partial charge in [0.2, 0.25) is 0 Å². The van der Waals surface area contributed by atoms with Gasteiger partial charge in [-0.1, -0.05) is 31.5 Å². The summed E-state index contributed by atoms with van der Waals surface area (Å²) in [5.41, 5.74) is 2.51. The average molecular weight is 646 g/mol. The minimum absolute atomic E-state index is 0.113. The highest BCUT2D eigenvalue weighted by molar-refractivity contribution is 5.97. The lowest BCUT2D eigenvalue weighted by Gasteiger charge is -2.38. The van der Waals surface area contributed by atoms with Gasteiger partial charge in [0.15, 0.2) is 11.6 Å². The topological polar surface area (TPSA) is 102 Å². The Kier molecular flexibility index (Phi) is 8.69. The number of nitrogens with one attached hydrogen (secondary N) is 1. The van der Waals surface area contributed by atoms with Crippen molar-refractivity contribution in [3.8, 4) is 5.75 Å². The fourth-order valence-electron chi connectivity index (χ4n) is 7.11. The van der Waals surface area contributed by atoms with Crippen LogP contribution in [0.5, 0.6) is 5.75 Å². The lowest BCUT2D eigenvalue weighted by Crippen LogP contribution is -2.39. The van der Waals surface area contributed by atoms with Gasteiger partial charge in [0.1, 0.15) is 18.3 Å². The number of rotatable bonds is 9. The van der Waals surface area contributed by atoms with Crippen molar-refractivity contribution in [2.45, 2.75) is 76.1 Å². The van der Waals surface area contributed by atoms with Crippen LogP contribution in [0, 0.1) is 17.7 Å². The summed E-state index contributed by atoms with van der Waals surface area (Å²) in [6.45, 7) is 1.14. The van der Waals surface area contributed by atoms with Crippen molar-refractivity contribution in [1.29, 1.82) is 0 Å². The molecule has 2 heterocycles. The molecule has 0 spiro atoms. The zero-order chi connectivity index (χ0) is 32.9. The van der Waals surface area contributed by atoms with Gasteiger partial charge in [-0.25, -0.2) is 4.39 Å². The van der Waals surface area contributed by atoms with Crippen LogP contribution >= 0.6 is 0 Å². The molecule has 8 nitrogen and oxygen atoms in total. The van der Waals surface area contributed by atoms with Gasteiger partial charge in [-0.05, 0) is 72.6 Å². The first-order valence-electron chi connectivity index (χ1n) is 15.9. The van der Waals surface area contributed by atoms with Crippen molar-refractivity contribution in [3.63, 3.8) is 0 Å². The number of aliphatic hydroxyl groups excluding tert-OH is 1. The number of anilines is 2. The number of fused-ring (bicyclic) bond motifs is 1. The van der Waals surface area contributed by atoms with Gasteiger partial charge in [-0.3, -0.25) is 9.59 Å². The normalized spacial score (nSPS) is 23.4. The van der Waals surface area contributed by atoms with E-state index in [1.54, 1.807) is 4.90 Å². The van der Waals surface area contributed by atoms with Crippen LogP contribution in [-0.4, -0.2) is 55.0 Å². The first-order valence-corrected chi connectivity index (χ1v) is 15.9. The molecule has 2 aromatic carbocycles. The summed E-state index contributed by atoms with van der Waals surface area (Å²) in [6.07, 6.45) is -0.627.